The Morgan fingerprint density at radius 1 is 1.38 bits per heavy atom. The summed E-state index contributed by atoms with van der Waals surface area (Å²) < 4.78 is 64.2. The number of aryl methyl sites for hydroxylation is 1. The molecule has 0 bridgehead atoms. The number of thiophene rings is 1. The first-order valence-corrected chi connectivity index (χ1v) is 7.76. The maximum atomic E-state index is 12.8. The van der Waals surface area contributed by atoms with E-state index in [2.05, 4.69) is 5.32 Å². The molecule has 5 nitrogen and oxygen atoms in total. The second-order valence-electron chi connectivity index (χ2n) is 5.18. The highest BCUT2D eigenvalue weighted by Gasteiger charge is 2.37. The molecule has 0 saturated heterocycles. The number of anilines is 1. The van der Waals surface area contributed by atoms with E-state index in [1.165, 1.54) is 19.1 Å². The number of hydrogen-bond donors (Lipinski definition) is 1. The van der Waals surface area contributed by atoms with Gasteiger partial charge in [-0.3, -0.25) is 9.59 Å². The van der Waals surface area contributed by atoms with Gasteiger partial charge in [-0.25, -0.2) is 8.78 Å². The summed E-state index contributed by atoms with van der Waals surface area (Å²) in [7, 11) is 0. The normalized spacial score (nSPS) is 11.5. The van der Waals surface area contributed by atoms with Crippen molar-refractivity contribution in [2.45, 2.75) is 26.1 Å². The van der Waals surface area contributed by atoms with Crippen LogP contribution in [0.5, 0.6) is 0 Å². The number of amides is 1. The molecule has 0 unspecified atom stereocenters. The molecule has 0 spiro atoms. The van der Waals surface area contributed by atoms with Crippen molar-refractivity contribution in [3.05, 3.63) is 49.6 Å². The molecule has 11 heteroatoms. The van der Waals surface area contributed by atoms with Crippen LogP contribution < -0.4 is 10.9 Å². The summed E-state index contributed by atoms with van der Waals surface area (Å²) in [6, 6.07) is 3.38. The topological polar surface area (TPSA) is 74.9 Å². The number of carbonyl (C=O) groups excluding carboxylic acids is 1. The van der Waals surface area contributed by atoms with Gasteiger partial charge in [-0.15, -0.1) is 11.3 Å². The average molecular weight is 391 g/mol. The third kappa shape index (κ3) is 4.26. The number of carbonyl (C=O) groups is 1. The third-order valence-electron chi connectivity index (χ3n) is 3.19. The van der Waals surface area contributed by atoms with Gasteiger partial charge in [0.15, 0.2) is 0 Å². The fourth-order valence-corrected chi connectivity index (χ4v) is 3.00. The lowest BCUT2D eigenvalue weighted by atomic mass is 10.2. The van der Waals surface area contributed by atoms with E-state index in [4.69, 9.17) is 5.26 Å². The van der Waals surface area contributed by atoms with E-state index in [9.17, 15) is 31.5 Å². The van der Waals surface area contributed by atoms with Crippen molar-refractivity contribution in [2.24, 2.45) is 0 Å². The lowest BCUT2D eigenvalue weighted by Gasteiger charge is -2.10. The first-order valence-electron chi connectivity index (χ1n) is 6.94. The van der Waals surface area contributed by atoms with Crippen LogP contribution in [0, 0.1) is 18.3 Å². The lowest BCUT2D eigenvalue weighted by molar-refractivity contribution is -0.134. The minimum atomic E-state index is -4.78. The van der Waals surface area contributed by atoms with Crippen LogP contribution in [0.1, 0.15) is 25.7 Å². The standard InChI is InChI=1S/C15H10F5N3O2S/c1-7-2-9(5-23(14(7)25)6-11(16)17)22-13(24)10-3-8(4-21)12(26-10)15(18,19)20/h2-3,5,11H,6H2,1H3,(H,22,24). The molecule has 0 fully saturated rings. The van der Waals surface area contributed by atoms with Crippen LogP contribution in [0.4, 0.5) is 27.6 Å². The number of alkyl halides is 5. The number of hydrogen-bond acceptors (Lipinski definition) is 4. The molecule has 0 aliphatic carbocycles. The molecule has 2 aromatic rings. The van der Waals surface area contributed by atoms with Crippen molar-refractivity contribution in [3.8, 4) is 6.07 Å². The van der Waals surface area contributed by atoms with E-state index in [0.717, 1.165) is 12.3 Å². The Balaban J connectivity index is 2.34. The summed E-state index contributed by atoms with van der Waals surface area (Å²) in [6.07, 6.45) is -6.61. The number of nitrogens with one attached hydrogen (secondary N) is 1. The Labute approximate surface area is 147 Å². The summed E-state index contributed by atoms with van der Waals surface area (Å²) in [5.41, 5.74) is -1.33. The van der Waals surface area contributed by atoms with E-state index in [1.54, 1.807) is 0 Å². The quantitative estimate of drug-likeness (QED) is 0.809. The van der Waals surface area contributed by atoms with Crippen LogP contribution in [0.25, 0.3) is 0 Å². The lowest BCUT2D eigenvalue weighted by Crippen LogP contribution is -2.25. The van der Waals surface area contributed by atoms with Gasteiger partial charge in [0.1, 0.15) is 10.9 Å². The van der Waals surface area contributed by atoms with Crippen molar-refractivity contribution in [2.75, 3.05) is 5.32 Å². The van der Waals surface area contributed by atoms with Crippen LogP contribution in [0.15, 0.2) is 23.1 Å². The molecule has 2 heterocycles. The van der Waals surface area contributed by atoms with Gasteiger partial charge >= 0.3 is 6.18 Å². The summed E-state index contributed by atoms with van der Waals surface area (Å²) in [5, 5.41) is 11.0. The van der Waals surface area contributed by atoms with Crippen molar-refractivity contribution < 1.29 is 26.7 Å². The maximum absolute atomic E-state index is 12.8. The molecule has 0 radical (unpaired) electrons. The van der Waals surface area contributed by atoms with Crippen molar-refractivity contribution in [3.63, 3.8) is 0 Å². The zero-order valence-corrected chi connectivity index (χ0v) is 13.8. The average Bonchev–Trinajstić information content (AvgIpc) is 2.96. The highest BCUT2D eigenvalue weighted by molar-refractivity contribution is 7.14. The van der Waals surface area contributed by atoms with Crippen LogP contribution in [0.3, 0.4) is 0 Å². The zero-order valence-electron chi connectivity index (χ0n) is 13.0. The van der Waals surface area contributed by atoms with Gasteiger partial charge in [0.05, 0.1) is 22.7 Å². The van der Waals surface area contributed by atoms with Gasteiger partial charge in [-0.2, -0.15) is 18.4 Å². The highest BCUT2D eigenvalue weighted by atomic mass is 32.1. The van der Waals surface area contributed by atoms with Crippen LogP contribution in [0.2, 0.25) is 0 Å². The fraction of sp³-hybridized carbons (Fsp3) is 0.267. The third-order valence-corrected chi connectivity index (χ3v) is 4.37. The molecule has 0 aliphatic rings. The van der Waals surface area contributed by atoms with Crippen molar-refractivity contribution in [1.82, 2.24) is 4.57 Å². The Hall–Kier alpha value is -2.74. The van der Waals surface area contributed by atoms with Crippen molar-refractivity contribution >= 4 is 22.9 Å². The van der Waals surface area contributed by atoms with Gasteiger partial charge in [0, 0.05) is 11.8 Å². The Morgan fingerprint density at radius 3 is 2.54 bits per heavy atom. The number of aromatic nitrogens is 1. The summed E-state index contributed by atoms with van der Waals surface area (Å²) >= 11 is 0.0925. The number of rotatable bonds is 4. The molecule has 2 aromatic heterocycles. The Morgan fingerprint density at radius 2 is 2.04 bits per heavy atom. The predicted molar refractivity (Wildman–Crippen MR) is 83.4 cm³/mol. The predicted octanol–water partition coefficient (Wildman–Crippen LogP) is 3.63. The minimum Gasteiger partial charge on any atom is -0.320 e. The van der Waals surface area contributed by atoms with E-state index in [-0.39, 0.29) is 27.5 Å². The summed E-state index contributed by atoms with van der Waals surface area (Å²) in [6.45, 7) is 0.458. The minimum absolute atomic E-state index is 0.0341. The van der Waals surface area contributed by atoms with Crippen LogP contribution in [-0.4, -0.2) is 16.9 Å². The number of nitrogens with zero attached hydrogens (tertiary/aromatic N) is 2. The number of halogens is 5. The molecule has 0 aliphatic heterocycles. The number of nitriles is 1. The molecular weight excluding hydrogens is 381 g/mol. The molecular formula is C15H10F5N3O2S. The van der Waals surface area contributed by atoms with Gasteiger partial charge in [-0.05, 0) is 19.1 Å². The van der Waals surface area contributed by atoms with E-state index in [1.807, 2.05) is 0 Å². The first-order chi connectivity index (χ1) is 12.0. The van der Waals surface area contributed by atoms with E-state index >= 15 is 0 Å². The highest BCUT2D eigenvalue weighted by Crippen LogP contribution is 2.38. The largest absolute Gasteiger partial charge is 0.426 e. The monoisotopic (exact) mass is 391 g/mol. The maximum Gasteiger partial charge on any atom is 0.426 e. The molecule has 1 N–H and O–H groups in total. The fourth-order valence-electron chi connectivity index (χ4n) is 2.13. The molecule has 26 heavy (non-hydrogen) atoms. The summed E-state index contributed by atoms with van der Waals surface area (Å²) in [5.74, 6) is -0.955. The molecule has 2 rings (SSSR count). The second-order valence-corrected chi connectivity index (χ2v) is 6.23. The second kappa shape index (κ2) is 7.25. The van der Waals surface area contributed by atoms with Gasteiger partial charge in [0.25, 0.3) is 17.9 Å². The Kier molecular flexibility index (Phi) is 5.46. The van der Waals surface area contributed by atoms with Gasteiger partial charge in [-0.1, -0.05) is 0 Å². The zero-order chi connectivity index (χ0) is 19.6. The first kappa shape index (κ1) is 19.6. The van der Waals surface area contributed by atoms with E-state index < -0.39 is 41.1 Å². The smallest absolute Gasteiger partial charge is 0.320 e. The molecule has 0 aromatic carbocycles. The molecule has 0 atom stereocenters. The molecule has 138 valence electrons. The summed E-state index contributed by atoms with van der Waals surface area (Å²) in [4.78, 5) is 22.3. The van der Waals surface area contributed by atoms with Crippen LogP contribution in [-0.2, 0) is 12.7 Å². The SMILES string of the molecule is Cc1cc(NC(=O)c2cc(C#N)c(C(F)(F)F)s2)cn(CC(F)F)c1=O. The van der Waals surface area contributed by atoms with Crippen molar-refractivity contribution in [1.29, 1.82) is 5.26 Å². The van der Waals surface area contributed by atoms with Crippen LogP contribution >= 0.6 is 11.3 Å². The molecule has 0 saturated carbocycles. The van der Waals surface area contributed by atoms with Gasteiger partial charge in [0.2, 0.25) is 0 Å². The Bertz CT molecular complexity index is 940. The van der Waals surface area contributed by atoms with Gasteiger partial charge < -0.3 is 9.88 Å². The number of pyridine rings is 1. The molecule has 1 amide bonds. The van der Waals surface area contributed by atoms with E-state index in [0.29, 0.717) is 4.57 Å².